The zero-order valence-electron chi connectivity index (χ0n) is 12.3. The highest BCUT2D eigenvalue weighted by Crippen LogP contribution is 2.22. The van der Waals surface area contributed by atoms with Gasteiger partial charge >= 0.3 is 12.2 Å². The average molecular weight is 428 g/mol. The van der Waals surface area contributed by atoms with Crippen LogP contribution < -0.4 is 9.64 Å². The van der Waals surface area contributed by atoms with Crippen molar-refractivity contribution in [2.75, 3.05) is 41.6 Å². The van der Waals surface area contributed by atoms with E-state index in [1.807, 2.05) is 0 Å². The number of anilines is 1. The largest absolute Gasteiger partial charge is 0.465 e. The first-order valence-electron chi connectivity index (χ1n) is 6.78. The maximum Gasteiger partial charge on any atom is 0.415 e. The van der Waals surface area contributed by atoms with E-state index in [0.717, 1.165) is 4.90 Å². The molecule has 1 rings (SSSR count). The summed E-state index contributed by atoms with van der Waals surface area (Å²) in [5, 5.41) is 9.71. The molecule has 0 spiro atoms. The Kier molecular flexibility index (Phi) is 9.13. The molecular weight excluding hydrogens is 411 g/mol. The fourth-order valence-corrected chi connectivity index (χ4v) is 2.56. The fourth-order valence-electron chi connectivity index (χ4n) is 1.80. The highest BCUT2D eigenvalue weighted by atomic mass is 79.9. The lowest BCUT2D eigenvalue weighted by Gasteiger charge is -2.21. The van der Waals surface area contributed by atoms with E-state index in [2.05, 4.69) is 15.9 Å². The Hall–Kier alpha value is -1.18. The molecule has 0 radical (unpaired) electrons. The fraction of sp³-hybridized carbons (Fsp3) is 0.429. The normalized spacial score (nSPS) is 10.2. The van der Waals surface area contributed by atoms with Crippen molar-refractivity contribution in [3.8, 4) is 5.75 Å². The van der Waals surface area contributed by atoms with Crippen molar-refractivity contribution in [3.05, 3.63) is 24.3 Å². The summed E-state index contributed by atoms with van der Waals surface area (Å²) >= 11 is 14.5. The predicted molar refractivity (Wildman–Crippen MR) is 94.6 cm³/mol. The number of alkyl halides is 3. The highest BCUT2D eigenvalue weighted by molar-refractivity contribution is 9.09. The molecule has 0 saturated heterocycles. The average Bonchev–Trinajstić information content (AvgIpc) is 2.52. The minimum Gasteiger partial charge on any atom is -0.465 e. The van der Waals surface area contributed by atoms with Crippen LogP contribution in [-0.4, -0.2) is 58.9 Å². The molecule has 0 fully saturated rings. The van der Waals surface area contributed by atoms with Gasteiger partial charge in [0.05, 0.1) is 5.69 Å². The Bertz CT molecular complexity index is 527. The molecule has 0 atom stereocenters. The molecule has 0 heterocycles. The van der Waals surface area contributed by atoms with Gasteiger partial charge in [0.15, 0.2) is 0 Å². The number of ether oxygens (including phenoxy) is 1. The summed E-state index contributed by atoms with van der Waals surface area (Å²) in [7, 11) is 0. The molecule has 0 unspecified atom stereocenters. The van der Waals surface area contributed by atoms with E-state index in [9.17, 15) is 14.7 Å². The Morgan fingerprint density at radius 1 is 1.17 bits per heavy atom. The molecule has 6 nitrogen and oxygen atoms in total. The maximum atomic E-state index is 12.1. The van der Waals surface area contributed by atoms with Gasteiger partial charge in [-0.25, -0.2) is 9.59 Å². The number of halogens is 3. The minimum atomic E-state index is -1.08. The predicted octanol–water partition coefficient (Wildman–Crippen LogP) is 3.84. The van der Waals surface area contributed by atoms with Crippen LogP contribution in [0.15, 0.2) is 24.3 Å². The summed E-state index contributed by atoms with van der Waals surface area (Å²) in [6, 6.07) is 6.32. The van der Waals surface area contributed by atoms with Gasteiger partial charge in [0.25, 0.3) is 0 Å². The number of nitrogens with zero attached hydrogens (tertiary/aromatic N) is 2. The minimum absolute atomic E-state index is 0.252. The Morgan fingerprint density at radius 3 is 2.35 bits per heavy atom. The molecule has 1 N–H and O–H groups in total. The van der Waals surface area contributed by atoms with Gasteiger partial charge in [-0.15, -0.1) is 23.2 Å². The monoisotopic (exact) mass is 426 g/mol. The first-order chi connectivity index (χ1) is 11.0. The maximum absolute atomic E-state index is 12.1. The van der Waals surface area contributed by atoms with Crippen LogP contribution in [0.2, 0.25) is 0 Å². The number of carbonyl (C=O) groups is 2. The van der Waals surface area contributed by atoms with Gasteiger partial charge in [0.2, 0.25) is 0 Å². The van der Waals surface area contributed by atoms with Gasteiger partial charge in [-0.1, -0.05) is 22.0 Å². The van der Waals surface area contributed by atoms with E-state index in [1.165, 1.54) is 11.0 Å². The van der Waals surface area contributed by atoms with Gasteiger partial charge in [0.1, 0.15) is 5.75 Å². The molecule has 1 aromatic carbocycles. The van der Waals surface area contributed by atoms with Crippen LogP contribution in [0.4, 0.5) is 15.3 Å². The van der Waals surface area contributed by atoms with Gasteiger partial charge < -0.3 is 14.7 Å². The second-order valence-electron chi connectivity index (χ2n) is 4.35. The first-order valence-corrected chi connectivity index (χ1v) is 8.97. The van der Waals surface area contributed by atoms with Crippen molar-refractivity contribution in [1.29, 1.82) is 0 Å². The topological polar surface area (TPSA) is 70.1 Å². The third-order valence-electron chi connectivity index (χ3n) is 2.84. The van der Waals surface area contributed by atoms with Crippen LogP contribution >= 0.6 is 39.1 Å². The van der Waals surface area contributed by atoms with Crippen molar-refractivity contribution < 1.29 is 19.4 Å². The van der Waals surface area contributed by atoms with Crippen molar-refractivity contribution in [1.82, 2.24) is 4.90 Å². The smallest absolute Gasteiger partial charge is 0.415 e. The molecule has 0 aliphatic carbocycles. The molecule has 0 aliphatic heterocycles. The molecule has 1 aromatic rings. The number of carboxylic acid groups (broad SMARTS) is 1. The number of amides is 2. The van der Waals surface area contributed by atoms with Gasteiger partial charge in [-0.2, -0.15) is 0 Å². The van der Waals surface area contributed by atoms with Gasteiger partial charge in [-0.05, 0) is 12.1 Å². The van der Waals surface area contributed by atoms with E-state index in [1.54, 1.807) is 18.2 Å². The molecule has 128 valence electrons. The summed E-state index contributed by atoms with van der Waals surface area (Å²) in [5.74, 6) is 0.788. The van der Waals surface area contributed by atoms with Crippen molar-refractivity contribution >= 4 is 57.0 Å². The third-order valence-corrected chi connectivity index (χ3v) is 3.53. The highest BCUT2D eigenvalue weighted by Gasteiger charge is 2.17. The second kappa shape index (κ2) is 10.6. The van der Waals surface area contributed by atoms with Crippen LogP contribution in [-0.2, 0) is 0 Å². The van der Waals surface area contributed by atoms with E-state index < -0.39 is 12.2 Å². The molecule has 23 heavy (non-hydrogen) atoms. The number of rotatable bonds is 8. The van der Waals surface area contributed by atoms with Crippen LogP contribution in [0.3, 0.4) is 0 Å². The van der Waals surface area contributed by atoms with E-state index in [4.69, 9.17) is 27.9 Å². The quantitative estimate of drug-likeness (QED) is 0.639. The van der Waals surface area contributed by atoms with Crippen LogP contribution in [0.5, 0.6) is 5.75 Å². The molecule has 2 amide bonds. The second-order valence-corrected chi connectivity index (χ2v) is 5.90. The summed E-state index contributed by atoms with van der Waals surface area (Å²) in [5.41, 5.74) is 0.420. The third kappa shape index (κ3) is 6.45. The summed E-state index contributed by atoms with van der Waals surface area (Å²) < 4.78 is 5.27. The van der Waals surface area contributed by atoms with Crippen LogP contribution in [0.25, 0.3) is 0 Å². The number of hydrogen-bond donors (Lipinski definition) is 1. The number of hydrogen-bond acceptors (Lipinski definition) is 3. The number of carbonyl (C=O) groups excluding carboxylic acids is 1. The molecule has 9 heteroatoms. The lowest BCUT2D eigenvalue weighted by molar-refractivity contribution is 0.158. The molecule has 0 saturated carbocycles. The summed E-state index contributed by atoms with van der Waals surface area (Å²) in [4.78, 5) is 25.9. The summed E-state index contributed by atoms with van der Waals surface area (Å²) in [6.07, 6.45) is -1.66. The van der Waals surface area contributed by atoms with Crippen molar-refractivity contribution in [2.45, 2.75) is 0 Å². The zero-order chi connectivity index (χ0) is 17.2. The summed E-state index contributed by atoms with van der Waals surface area (Å²) in [6.45, 7) is 0.909. The zero-order valence-corrected chi connectivity index (χ0v) is 15.4. The molecule has 0 aliphatic rings. The lowest BCUT2D eigenvalue weighted by atomic mass is 10.3. The number of benzene rings is 1. The van der Waals surface area contributed by atoms with E-state index >= 15 is 0 Å². The molecular formula is C14H17BrCl2N2O4. The van der Waals surface area contributed by atoms with Crippen molar-refractivity contribution in [3.63, 3.8) is 0 Å². The Labute approximate surface area is 153 Å². The first kappa shape index (κ1) is 19.9. The molecule has 0 aromatic heterocycles. The van der Waals surface area contributed by atoms with Crippen molar-refractivity contribution in [2.24, 2.45) is 0 Å². The van der Waals surface area contributed by atoms with Crippen LogP contribution in [0.1, 0.15) is 0 Å². The van der Waals surface area contributed by atoms with E-state index in [-0.39, 0.29) is 24.1 Å². The standard InChI is InChI=1S/C14H17BrCl2N2O4/c15-4-7-19(13(20)21)11-2-1-3-12(10-11)23-14(22)18(8-5-16)9-6-17/h1-3,10H,4-9H2,(H,20,21). The lowest BCUT2D eigenvalue weighted by Crippen LogP contribution is -2.36. The molecule has 0 bridgehead atoms. The van der Waals surface area contributed by atoms with Gasteiger partial charge in [0, 0.05) is 42.8 Å². The Balaban J connectivity index is 2.87. The van der Waals surface area contributed by atoms with Gasteiger partial charge in [-0.3, -0.25) is 4.90 Å². The SMILES string of the molecule is O=C(Oc1cccc(N(CCBr)C(=O)O)c1)N(CCCl)CCCl. The van der Waals surface area contributed by atoms with Crippen LogP contribution in [0, 0.1) is 0 Å². The Morgan fingerprint density at radius 2 is 1.83 bits per heavy atom. The van der Waals surface area contributed by atoms with E-state index in [0.29, 0.717) is 24.1 Å².